The maximum atomic E-state index is 10.2. The molecule has 0 bridgehead atoms. The molecule has 2 rings (SSSR count). The van der Waals surface area contributed by atoms with E-state index >= 15 is 0 Å². The van der Waals surface area contributed by atoms with Gasteiger partial charge in [0.1, 0.15) is 0 Å². The van der Waals surface area contributed by atoms with Crippen LogP contribution in [-0.2, 0) is 17.1 Å². The van der Waals surface area contributed by atoms with Crippen molar-refractivity contribution in [3.63, 3.8) is 0 Å². The van der Waals surface area contributed by atoms with Crippen LogP contribution in [0.15, 0.2) is 48.5 Å². The van der Waals surface area contributed by atoms with Gasteiger partial charge in [-0.05, 0) is 25.0 Å². The van der Waals surface area contributed by atoms with Gasteiger partial charge < -0.3 is 19.8 Å². The molecular formula is C16H14CuO4. The van der Waals surface area contributed by atoms with Crippen LogP contribution in [0.25, 0.3) is 0 Å². The topological polar surface area (TPSA) is 80.3 Å². The Balaban J connectivity index is 0.000000364. The number of hydrogen-bond acceptors (Lipinski definition) is 4. The Morgan fingerprint density at radius 2 is 0.905 bits per heavy atom. The number of rotatable bonds is 2. The third-order valence-electron chi connectivity index (χ3n) is 2.57. The number of carboxylic acid groups (broad SMARTS) is 2. The SMILES string of the molecule is Cc1ccc(C(=O)[O-])cc1.Cc1ccc(C(=O)[O-])cc1.[Cu+2]. The zero-order valence-corrected chi connectivity index (χ0v) is 12.5. The minimum Gasteiger partial charge on any atom is -0.545 e. The molecule has 1 radical (unpaired) electrons. The van der Waals surface area contributed by atoms with Crippen LogP contribution in [0, 0.1) is 13.8 Å². The Morgan fingerprint density at radius 3 is 1.10 bits per heavy atom. The van der Waals surface area contributed by atoms with Gasteiger partial charge in [-0.15, -0.1) is 0 Å². The molecule has 0 aromatic heterocycles. The van der Waals surface area contributed by atoms with Gasteiger partial charge in [0.05, 0.1) is 11.9 Å². The van der Waals surface area contributed by atoms with E-state index in [4.69, 9.17) is 0 Å². The average Bonchev–Trinajstić information content (AvgIpc) is 2.40. The molecule has 0 spiro atoms. The van der Waals surface area contributed by atoms with E-state index in [2.05, 4.69) is 0 Å². The summed E-state index contributed by atoms with van der Waals surface area (Å²) in [5.41, 5.74) is 2.55. The van der Waals surface area contributed by atoms with E-state index in [1.54, 1.807) is 24.3 Å². The summed E-state index contributed by atoms with van der Waals surface area (Å²) in [6.45, 7) is 3.80. The molecule has 4 nitrogen and oxygen atoms in total. The smallest absolute Gasteiger partial charge is 0.545 e. The van der Waals surface area contributed by atoms with E-state index in [1.165, 1.54) is 24.3 Å². The van der Waals surface area contributed by atoms with Gasteiger partial charge in [-0.2, -0.15) is 0 Å². The first-order valence-electron chi connectivity index (χ1n) is 5.96. The Hall–Kier alpha value is -2.10. The van der Waals surface area contributed by atoms with Gasteiger partial charge in [0.15, 0.2) is 0 Å². The van der Waals surface area contributed by atoms with E-state index in [9.17, 15) is 19.8 Å². The molecule has 0 heterocycles. The Labute approximate surface area is 133 Å². The summed E-state index contributed by atoms with van der Waals surface area (Å²) in [5, 5.41) is 20.4. The van der Waals surface area contributed by atoms with Crippen LogP contribution < -0.4 is 10.2 Å². The summed E-state index contributed by atoms with van der Waals surface area (Å²) >= 11 is 0. The van der Waals surface area contributed by atoms with Crippen molar-refractivity contribution in [2.45, 2.75) is 13.8 Å². The number of hydrogen-bond donors (Lipinski definition) is 0. The normalized spacial score (nSPS) is 8.86. The Bertz CT molecular complexity index is 533. The van der Waals surface area contributed by atoms with Crippen molar-refractivity contribution >= 4 is 11.9 Å². The summed E-state index contributed by atoms with van der Waals surface area (Å²) in [6, 6.07) is 13.1. The molecule has 0 N–H and O–H groups in total. The minimum absolute atomic E-state index is 0. The van der Waals surface area contributed by atoms with Crippen LogP contribution >= 0.6 is 0 Å². The fraction of sp³-hybridized carbons (Fsp3) is 0.125. The molecule has 0 aliphatic heterocycles. The van der Waals surface area contributed by atoms with Crippen LogP contribution in [-0.4, -0.2) is 11.9 Å². The first-order valence-corrected chi connectivity index (χ1v) is 5.96. The first kappa shape index (κ1) is 18.9. The van der Waals surface area contributed by atoms with Crippen molar-refractivity contribution in [2.24, 2.45) is 0 Å². The molecule has 2 aromatic rings. The van der Waals surface area contributed by atoms with Crippen molar-refractivity contribution in [1.82, 2.24) is 0 Å². The van der Waals surface area contributed by atoms with Crippen molar-refractivity contribution in [1.29, 1.82) is 0 Å². The third kappa shape index (κ3) is 6.75. The van der Waals surface area contributed by atoms with Crippen LogP contribution in [0.5, 0.6) is 0 Å². The largest absolute Gasteiger partial charge is 2.00 e. The van der Waals surface area contributed by atoms with Crippen molar-refractivity contribution in [3.8, 4) is 0 Å². The molecule has 113 valence electrons. The van der Waals surface area contributed by atoms with Crippen molar-refractivity contribution < 1.29 is 36.9 Å². The van der Waals surface area contributed by atoms with Gasteiger partial charge in [0, 0.05) is 0 Å². The third-order valence-corrected chi connectivity index (χ3v) is 2.57. The van der Waals surface area contributed by atoms with Crippen LogP contribution in [0.2, 0.25) is 0 Å². The molecule has 0 saturated heterocycles. The zero-order chi connectivity index (χ0) is 15.1. The molecule has 0 fully saturated rings. The van der Waals surface area contributed by atoms with Crippen LogP contribution in [0.1, 0.15) is 31.8 Å². The fourth-order valence-electron chi connectivity index (χ4n) is 1.38. The van der Waals surface area contributed by atoms with E-state index in [-0.39, 0.29) is 28.2 Å². The number of aromatic carboxylic acids is 2. The molecule has 0 unspecified atom stereocenters. The fourth-order valence-corrected chi connectivity index (χ4v) is 1.38. The summed E-state index contributed by atoms with van der Waals surface area (Å²) in [7, 11) is 0. The maximum Gasteiger partial charge on any atom is 2.00 e. The molecule has 0 aliphatic carbocycles. The van der Waals surface area contributed by atoms with Gasteiger partial charge >= 0.3 is 17.1 Å². The summed E-state index contributed by atoms with van der Waals surface area (Å²) in [5.74, 6) is -2.25. The second-order valence-electron chi connectivity index (χ2n) is 4.31. The number of aryl methyl sites for hydroxylation is 2. The number of carbonyl (C=O) groups excluding carboxylic acids is 2. The predicted molar refractivity (Wildman–Crippen MR) is 71.0 cm³/mol. The van der Waals surface area contributed by atoms with Gasteiger partial charge in [0.2, 0.25) is 0 Å². The monoisotopic (exact) mass is 333 g/mol. The van der Waals surface area contributed by atoms with Gasteiger partial charge in [-0.1, -0.05) is 59.7 Å². The number of benzene rings is 2. The second-order valence-corrected chi connectivity index (χ2v) is 4.31. The molecular weight excluding hydrogens is 320 g/mol. The summed E-state index contributed by atoms with van der Waals surface area (Å²) in [4.78, 5) is 20.4. The standard InChI is InChI=1S/2C8H8O2.Cu/c2*1-6-2-4-7(5-3-6)8(9)10;/h2*2-5H,1H3,(H,9,10);/q;;+2/p-2. The van der Waals surface area contributed by atoms with E-state index in [0.717, 1.165) is 11.1 Å². The molecule has 21 heavy (non-hydrogen) atoms. The van der Waals surface area contributed by atoms with Gasteiger partial charge in [0.25, 0.3) is 0 Å². The van der Waals surface area contributed by atoms with Gasteiger partial charge in [-0.3, -0.25) is 0 Å². The zero-order valence-electron chi connectivity index (χ0n) is 11.6. The minimum atomic E-state index is -1.12. The summed E-state index contributed by atoms with van der Waals surface area (Å²) < 4.78 is 0. The van der Waals surface area contributed by atoms with Crippen molar-refractivity contribution in [3.05, 3.63) is 70.8 Å². The number of carboxylic acids is 2. The molecule has 0 aliphatic rings. The predicted octanol–water partition coefficient (Wildman–Crippen LogP) is 0.715. The van der Waals surface area contributed by atoms with Gasteiger partial charge in [-0.25, -0.2) is 0 Å². The number of carbonyl (C=O) groups is 2. The molecule has 5 heteroatoms. The Kier molecular flexibility index (Phi) is 8.05. The second kappa shape index (κ2) is 8.95. The van der Waals surface area contributed by atoms with Crippen LogP contribution in [0.4, 0.5) is 0 Å². The molecule has 2 aromatic carbocycles. The molecule has 0 atom stereocenters. The molecule has 0 amide bonds. The van der Waals surface area contributed by atoms with E-state index < -0.39 is 11.9 Å². The van der Waals surface area contributed by atoms with Crippen LogP contribution in [0.3, 0.4) is 0 Å². The van der Waals surface area contributed by atoms with E-state index in [1.807, 2.05) is 13.8 Å². The van der Waals surface area contributed by atoms with E-state index in [0.29, 0.717) is 0 Å². The maximum absolute atomic E-state index is 10.2. The quantitative estimate of drug-likeness (QED) is 0.758. The Morgan fingerprint density at radius 1 is 0.667 bits per heavy atom. The average molecular weight is 334 g/mol. The first-order chi connectivity index (χ1) is 9.40. The summed E-state index contributed by atoms with van der Waals surface area (Å²) in [6.07, 6.45) is 0. The molecule has 0 saturated carbocycles. The van der Waals surface area contributed by atoms with Crippen molar-refractivity contribution in [2.75, 3.05) is 0 Å².